The zero-order valence-electron chi connectivity index (χ0n) is 9.13. The molecule has 14 heavy (non-hydrogen) atoms. The minimum atomic E-state index is -0.371. The van der Waals surface area contributed by atoms with Gasteiger partial charge in [-0.3, -0.25) is 4.79 Å². The number of hydrogen-bond acceptors (Lipinski definition) is 3. The first-order valence-electron chi connectivity index (χ1n) is 4.99. The molecule has 0 bridgehead atoms. The van der Waals surface area contributed by atoms with E-state index in [9.17, 15) is 4.79 Å². The van der Waals surface area contributed by atoms with Crippen LogP contribution in [0.5, 0.6) is 0 Å². The van der Waals surface area contributed by atoms with Crippen LogP contribution in [0.15, 0.2) is 0 Å². The Morgan fingerprint density at radius 3 is 2.57 bits per heavy atom. The van der Waals surface area contributed by atoms with Gasteiger partial charge in [-0.15, -0.1) is 0 Å². The Morgan fingerprint density at radius 2 is 2.14 bits per heavy atom. The van der Waals surface area contributed by atoms with E-state index < -0.39 is 0 Å². The van der Waals surface area contributed by atoms with E-state index in [0.29, 0.717) is 12.5 Å². The molecule has 0 spiro atoms. The lowest BCUT2D eigenvalue weighted by Gasteiger charge is -2.12. The lowest BCUT2D eigenvalue weighted by molar-refractivity contribution is -0.121. The van der Waals surface area contributed by atoms with Gasteiger partial charge in [0.25, 0.3) is 0 Å². The van der Waals surface area contributed by atoms with Crippen LogP contribution in [0, 0.1) is 17.2 Å². The van der Waals surface area contributed by atoms with Crippen molar-refractivity contribution in [3.63, 3.8) is 0 Å². The Kier molecular flexibility index (Phi) is 6.77. The van der Waals surface area contributed by atoms with Crippen molar-refractivity contribution in [3.05, 3.63) is 0 Å². The van der Waals surface area contributed by atoms with Crippen molar-refractivity contribution < 1.29 is 4.79 Å². The van der Waals surface area contributed by atoms with Crippen molar-refractivity contribution in [2.24, 2.45) is 5.92 Å². The molecule has 0 saturated carbocycles. The first-order valence-corrected chi connectivity index (χ1v) is 4.99. The van der Waals surface area contributed by atoms with Gasteiger partial charge in [-0.2, -0.15) is 5.26 Å². The second-order valence-electron chi connectivity index (χ2n) is 3.64. The maximum absolute atomic E-state index is 11.2. The Hall–Kier alpha value is -1.08. The minimum Gasteiger partial charge on any atom is -0.356 e. The van der Waals surface area contributed by atoms with Gasteiger partial charge in [-0.05, 0) is 19.4 Å². The summed E-state index contributed by atoms with van der Waals surface area (Å²) in [4.78, 5) is 11.2. The molecule has 0 radical (unpaired) electrons. The molecule has 1 atom stereocenters. The van der Waals surface area contributed by atoms with Crippen molar-refractivity contribution >= 4 is 5.91 Å². The summed E-state index contributed by atoms with van der Waals surface area (Å²) >= 11 is 0. The first-order chi connectivity index (χ1) is 6.60. The molecule has 1 amide bonds. The third kappa shape index (κ3) is 6.44. The number of hydrogen-bond donors (Lipinski definition) is 2. The minimum absolute atomic E-state index is 0.0738. The van der Waals surface area contributed by atoms with Crippen LogP contribution in [0.1, 0.15) is 27.2 Å². The highest BCUT2D eigenvalue weighted by Crippen LogP contribution is 1.94. The van der Waals surface area contributed by atoms with E-state index >= 15 is 0 Å². The lowest BCUT2D eigenvalue weighted by atomic mass is 10.1. The summed E-state index contributed by atoms with van der Waals surface area (Å²) in [6, 6.07) is 1.70. The highest BCUT2D eigenvalue weighted by molar-refractivity contribution is 5.76. The number of amides is 1. The lowest BCUT2D eigenvalue weighted by Crippen LogP contribution is -2.36. The standard InChI is InChI=1S/C10H19N3O/c1-4-12-10(14)5-9(6-11)13-7-8(2)3/h8-9,13H,4-5,7H2,1-3H3,(H,12,14). The van der Waals surface area contributed by atoms with Crippen LogP contribution in [0.2, 0.25) is 0 Å². The van der Waals surface area contributed by atoms with E-state index in [2.05, 4.69) is 30.6 Å². The van der Waals surface area contributed by atoms with E-state index in [1.165, 1.54) is 0 Å². The van der Waals surface area contributed by atoms with Crippen LogP contribution in [0.25, 0.3) is 0 Å². The van der Waals surface area contributed by atoms with Crippen LogP contribution in [-0.2, 0) is 4.79 Å². The third-order valence-corrected chi connectivity index (χ3v) is 1.69. The smallest absolute Gasteiger partial charge is 0.222 e. The van der Waals surface area contributed by atoms with Gasteiger partial charge in [0, 0.05) is 6.54 Å². The van der Waals surface area contributed by atoms with Crippen molar-refractivity contribution in [3.8, 4) is 6.07 Å². The van der Waals surface area contributed by atoms with Gasteiger partial charge in [-0.25, -0.2) is 0 Å². The molecule has 0 heterocycles. The summed E-state index contributed by atoms with van der Waals surface area (Å²) in [5.41, 5.74) is 0. The summed E-state index contributed by atoms with van der Waals surface area (Å²) in [7, 11) is 0. The molecule has 0 aromatic heterocycles. The van der Waals surface area contributed by atoms with Crippen LogP contribution < -0.4 is 10.6 Å². The second-order valence-corrected chi connectivity index (χ2v) is 3.64. The van der Waals surface area contributed by atoms with Crippen molar-refractivity contribution in [2.45, 2.75) is 33.2 Å². The maximum atomic E-state index is 11.2. The SMILES string of the molecule is CCNC(=O)CC(C#N)NCC(C)C. The largest absolute Gasteiger partial charge is 0.356 e. The normalized spacial score (nSPS) is 12.2. The summed E-state index contributed by atoms with van der Waals surface area (Å²) < 4.78 is 0. The Bertz CT molecular complexity index is 208. The van der Waals surface area contributed by atoms with Crippen molar-refractivity contribution in [1.82, 2.24) is 10.6 Å². The molecule has 0 aliphatic rings. The number of rotatable bonds is 6. The fraction of sp³-hybridized carbons (Fsp3) is 0.800. The molecule has 0 aromatic rings. The van der Waals surface area contributed by atoms with Gasteiger partial charge in [0.05, 0.1) is 12.5 Å². The fourth-order valence-corrected chi connectivity index (χ4v) is 0.996. The van der Waals surface area contributed by atoms with E-state index in [0.717, 1.165) is 6.54 Å². The quantitative estimate of drug-likeness (QED) is 0.657. The predicted molar refractivity (Wildman–Crippen MR) is 55.5 cm³/mol. The summed E-state index contributed by atoms with van der Waals surface area (Å²) in [5.74, 6) is 0.412. The molecule has 0 saturated heterocycles. The van der Waals surface area contributed by atoms with Crippen molar-refractivity contribution in [1.29, 1.82) is 5.26 Å². The zero-order chi connectivity index (χ0) is 11.0. The average Bonchev–Trinajstić information content (AvgIpc) is 2.12. The molecule has 0 fully saturated rings. The molecule has 0 aliphatic carbocycles. The average molecular weight is 197 g/mol. The van der Waals surface area contributed by atoms with E-state index in [1.54, 1.807) is 0 Å². The van der Waals surface area contributed by atoms with Gasteiger partial charge in [0.1, 0.15) is 6.04 Å². The Balaban J connectivity index is 3.80. The summed E-state index contributed by atoms with van der Waals surface area (Å²) in [5, 5.41) is 14.5. The fourth-order valence-electron chi connectivity index (χ4n) is 0.996. The van der Waals surface area contributed by atoms with Crippen LogP contribution in [0.3, 0.4) is 0 Å². The van der Waals surface area contributed by atoms with Gasteiger partial charge in [0.2, 0.25) is 5.91 Å². The zero-order valence-corrected chi connectivity index (χ0v) is 9.13. The van der Waals surface area contributed by atoms with Crippen LogP contribution in [0.4, 0.5) is 0 Å². The second kappa shape index (κ2) is 7.34. The molecule has 0 aliphatic heterocycles. The predicted octanol–water partition coefficient (Wildman–Crippen LogP) is 0.650. The topological polar surface area (TPSA) is 64.9 Å². The van der Waals surface area contributed by atoms with Gasteiger partial charge >= 0.3 is 0 Å². The number of nitrogens with zero attached hydrogens (tertiary/aromatic N) is 1. The highest BCUT2D eigenvalue weighted by atomic mass is 16.1. The van der Waals surface area contributed by atoms with Crippen LogP contribution in [-0.4, -0.2) is 25.0 Å². The Labute approximate surface area is 85.7 Å². The van der Waals surface area contributed by atoms with E-state index in [4.69, 9.17) is 5.26 Å². The van der Waals surface area contributed by atoms with Gasteiger partial charge < -0.3 is 10.6 Å². The van der Waals surface area contributed by atoms with Crippen molar-refractivity contribution in [2.75, 3.05) is 13.1 Å². The monoisotopic (exact) mass is 197 g/mol. The molecular formula is C10H19N3O. The number of carbonyl (C=O) groups excluding carboxylic acids is 1. The van der Waals surface area contributed by atoms with E-state index in [-0.39, 0.29) is 18.4 Å². The molecule has 80 valence electrons. The molecule has 0 rings (SSSR count). The maximum Gasteiger partial charge on any atom is 0.222 e. The molecule has 1 unspecified atom stereocenters. The van der Waals surface area contributed by atoms with E-state index in [1.807, 2.05) is 6.92 Å². The number of nitrogens with one attached hydrogen (secondary N) is 2. The first kappa shape index (κ1) is 12.9. The highest BCUT2D eigenvalue weighted by Gasteiger charge is 2.11. The van der Waals surface area contributed by atoms with Gasteiger partial charge in [0.15, 0.2) is 0 Å². The molecule has 0 aromatic carbocycles. The summed E-state index contributed by atoms with van der Waals surface area (Å²) in [6.45, 7) is 7.36. The molecule has 2 N–H and O–H groups in total. The molecule has 4 nitrogen and oxygen atoms in total. The third-order valence-electron chi connectivity index (χ3n) is 1.69. The van der Waals surface area contributed by atoms with Crippen LogP contribution >= 0.6 is 0 Å². The molecule has 4 heteroatoms. The molecular weight excluding hydrogens is 178 g/mol. The number of carbonyl (C=O) groups is 1. The Morgan fingerprint density at radius 1 is 1.50 bits per heavy atom. The summed E-state index contributed by atoms with van der Waals surface area (Å²) in [6.07, 6.45) is 0.233. The van der Waals surface area contributed by atoms with Gasteiger partial charge in [-0.1, -0.05) is 13.8 Å². The number of nitriles is 1.